The lowest BCUT2D eigenvalue weighted by Gasteiger charge is -2.24. The van der Waals surface area contributed by atoms with Gasteiger partial charge in [0.2, 0.25) is 0 Å². The molecule has 0 aromatic heterocycles. The molecular weight excluding hydrogens is 275 g/mol. The maximum Gasteiger partial charge on any atom is 0.339 e. The Balaban J connectivity index is 2.22. The van der Waals surface area contributed by atoms with Crippen LogP contribution in [0.25, 0.3) is 0 Å². The Kier molecular flexibility index (Phi) is 4.23. The van der Waals surface area contributed by atoms with E-state index in [2.05, 4.69) is 0 Å². The lowest BCUT2D eigenvalue weighted by atomic mass is 9.97. The number of carboxylic acids is 1. The van der Waals surface area contributed by atoms with Crippen LogP contribution in [0.1, 0.15) is 22.8 Å². The van der Waals surface area contributed by atoms with E-state index in [-0.39, 0.29) is 17.9 Å². The summed E-state index contributed by atoms with van der Waals surface area (Å²) in [5, 5.41) is 19.4. The van der Waals surface area contributed by atoms with Gasteiger partial charge in [-0.25, -0.2) is 9.18 Å². The molecule has 0 radical (unpaired) electrons. The molecule has 0 heterocycles. The SMILES string of the molecule is CC(O)(COc1c(F)cccc1C(=O)O)c1ccccc1. The van der Waals surface area contributed by atoms with Gasteiger partial charge in [0.25, 0.3) is 0 Å². The van der Waals surface area contributed by atoms with Crippen LogP contribution in [0, 0.1) is 5.82 Å². The Morgan fingerprint density at radius 3 is 2.48 bits per heavy atom. The molecule has 4 nitrogen and oxygen atoms in total. The molecule has 1 atom stereocenters. The molecule has 5 heteroatoms. The molecule has 0 aliphatic rings. The quantitative estimate of drug-likeness (QED) is 0.888. The van der Waals surface area contributed by atoms with E-state index < -0.39 is 17.4 Å². The van der Waals surface area contributed by atoms with Gasteiger partial charge >= 0.3 is 5.97 Å². The Hall–Kier alpha value is -2.40. The third-order valence-electron chi connectivity index (χ3n) is 3.09. The molecule has 2 rings (SSSR count). The third-order valence-corrected chi connectivity index (χ3v) is 3.09. The van der Waals surface area contributed by atoms with E-state index in [9.17, 15) is 14.3 Å². The first-order chi connectivity index (χ1) is 9.92. The monoisotopic (exact) mass is 290 g/mol. The van der Waals surface area contributed by atoms with E-state index >= 15 is 0 Å². The van der Waals surface area contributed by atoms with Crippen molar-refractivity contribution in [2.75, 3.05) is 6.61 Å². The summed E-state index contributed by atoms with van der Waals surface area (Å²) in [4.78, 5) is 11.1. The number of benzene rings is 2. The molecule has 0 saturated heterocycles. The van der Waals surface area contributed by atoms with Gasteiger partial charge in [0, 0.05) is 0 Å². The fourth-order valence-corrected chi connectivity index (χ4v) is 1.92. The van der Waals surface area contributed by atoms with Crippen molar-refractivity contribution in [3.05, 3.63) is 65.5 Å². The summed E-state index contributed by atoms with van der Waals surface area (Å²) in [6.07, 6.45) is 0. The maximum absolute atomic E-state index is 13.7. The topological polar surface area (TPSA) is 66.8 Å². The number of halogens is 1. The highest BCUT2D eigenvalue weighted by atomic mass is 19.1. The van der Waals surface area contributed by atoms with E-state index in [1.54, 1.807) is 30.3 Å². The van der Waals surface area contributed by atoms with E-state index in [1.807, 2.05) is 0 Å². The van der Waals surface area contributed by atoms with Gasteiger partial charge in [-0.05, 0) is 24.6 Å². The first-order valence-electron chi connectivity index (χ1n) is 6.34. The highest BCUT2D eigenvalue weighted by Crippen LogP contribution is 2.26. The minimum absolute atomic E-state index is 0.266. The van der Waals surface area contributed by atoms with Crippen molar-refractivity contribution in [1.29, 1.82) is 0 Å². The summed E-state index contributed by atoms with van der Waals surface area (Å²) in [5.74, 6) is -2.44. The predicted molar refractivity (Wildman–Crippen MR) is 74.9 cm³/mol. The van der Waals surface area contributed by atoms with Crippen LogP contribution >= 0.6 is 0 Å². The average molecular weight is 290 g/mol. The predicted octanol–water partition coefficient (Wildman–Crippen LogP) is 2.81. The number of aliphatic hydroxyl groups is 1. The molecule has 2 N–H and O–H groups in total. The van der Waals surface area contributed by atoms with E-state index in [4.69, 9.17) is 9.84 Å². The number of hydrogen-bond donors (Lipinski definition) is 2. The summed E-state index contributed by atoms with van der Waals surface area (Å²) < 4.78 is 19.0. The molecule has 2 aromatic rings. The van der Waals surface area contributed by atoms with Crippen molar-refractivity contribution >= 4 is 5.97 Å². The van der Waals surface area contributed by atoms with Gasteiger partial charge < -0.3 is 14.9 Å². The minimum atomic E-state index is -1.36. The first-order valence-corrected chi connectivity index (χ1v) is 6.34. The standard InChI is InChI=1S/C16H15FO4/c1-16(20,11-6-3-2-4-7-11)10-21-14-12(15(18)19)8-5-9-13(14)17/h2-9,20H,10H2,1H3,(H,18,19). The van der Waals surface area contributed by atoms with E-state index in [0.29, 0.717) is 5.56 Å². The lowest BCUT2D eigenvalue weighted by Crippen LogP contribution is -2.30. The van der Waals surface area contributed by atoms with Crippen LogP contribution in [0.5, 0.6) is 5.75 Å². The number of carboxylic acid groups (broad SMARTS) is 1. The van der Waals surface area contributed by atoms with Crippen LogP contribution < -0.4 is 4.74 Å². The van der Waals surface area contributed by atoms with Gasteiger partial charge in [-0.2, -0.15) is 0 Å². The van der Waals surface area contributed by atoms with Gasteiger partial charge in [0.05, 0.1) is 0 Å². The van der Waals surface area contributed by atoms with Crippen molar-refractivity contribution in [1.82, 2.24) is 0 Å². The van der Waals surface area contributed by atoms with Gasteiger partial charge in [0.1, 0.15) is 17.8 Å². The average Bonchev–Trinajstić information content (AvgIpc) is 2.46. The highest BCUT2D eigenvalue weighted by molar-refractivity contribution is 5.90. The van der Waals surface area contributed by atoms with Gasteiger partial charge in [-0.1, -0.05) is 36.4 Å². The van der Waals surface area contributed by atoms with Crippen molar-refractivity contribution in [3.63, 3.8) is 0 Å². The van der Waals surface area contributed by atoms with E-state index in [0.717, 1.165) is 6.07 Å². The summed E-state index contributed by atoms with van der Waals surface area (Å²) in [6, 6.07) is 12.4. The zero-order chi connectivity index (χ0) is 15.5. The fourth-order valence-electron chi connectivity index (χ4n) is 1.92. The summed E-state index contributed by atoms with van der Waals surface area (Å²) in [7, 11) is 0. The number of aromatic carboxylic acids is 1. The van der Waals surface area contributed by atoms with Crippen molar-refractivity contribution < 1.29 is 24.1 Å². The van der Waals surface area contributed by atoms with Crippen LogP contribution in [-0.2, 0) is 5.60 Å². The molecule has 1 unspecified atom stereocenters. The summed E-state index contributed by atoms with van der Waals surface area (Å²) in [5.41, 5.74) is -1.05. The van der Waals surface area contributed by atoms with Gasteiger partial charge in [-0.15, -0.1) is 0 Å². The minimum Gasteiger partial charge on any atom is -0.486 e. The van der Waals surface area contributed by atoms with Crippen LogP contribution in [0.2, 0.25) is 0 Å². The summed E-state index contributed by atoms with van der Waals surface area (Å²) in [6.45, 7) is 1.25. The normalized spacial score (nSPS) is 13.5. The Morgan fingerprint density at radius 1 is 1.19 bits per heavy atom. The molecule has 0 aliphatic carbocycles. The second-order valence-corrected chi connectivity index (χ2v) is 4.85. The third kappa shape index (κ3) is 3.38. The number of rotatable bonds is 5. The zero-order valence-corrected chi connectivity index (χ0v) is 11.4. The van der Waals surface area contributed by atoms with Crippen molar-refractivity contribution in [2.45, 2.75) is 12.5 Å². The largest absolute Gasteiger partial charge is 0.486 e. The number of carbonyl (C=O) groups is 1. The van der Waals surface area contributed by atoms with Crippen LogP contribution in [0.3, 0.4) is 0 Å². The lowest BCUT2D eigenvalue weighted by molar-refractivity contribution is 0.00581. The molecular formula is C16H15FO4. The molecule has 0 saturated carbocycles. The second kappa shape index (κ2) is 5.93. The molecule has 0 aliphatic heterocycles. The molecule has 0 bridgehead atoms. The Morgan fingerprint density at radius 2 is 1.86 bits per heavy atom. The smallest absolute Gasteiger partial charge is 0.339 e. The van der Waals surface area contributed by atoms with E-state index in [1.165, 1.54) is 19.1 Å². The van der Waals surface area contributed by atoms with Crippen LogP contribution in [-0.4, -0.2) is 22.8 Å². The van der Waals surface area contributed by atoms with Gasteiger partial charge in [-0.3, -0.25) is 0 Å². The number of hydrogen-bond acceptors (Lipinski definition) is 3. The molecule has 21 heavy (non-hydrogen) atoms. The Labute approximate surface area is 121 Å². The second-order valence-electron chi connectivity index (χ2n) is 4.85. The van der Waals surface area contributed by atoms with Crippen molar-refractivity contribution in [2.24, 2.45) is 0 Å². The van der Waals surface area contributed by atoms with Gasteiger partial charge in [0.15, 0.2) is 11.6 Å². The molecule has 0 amide bonds. The summed E-state index contributed by atoms with van der Waals surface area (Å²) >= 11 is 0. The van der Waals surface area contributed by atoms with Crippen LogP contribution in [0.4, 0.5) is 4.39 Å². The number of ether oxygens (including phenoxy) is 1. The fraction of sp³-hybridized carbons (Fsp3) is 0.188. The number of para-hydroxylation sites is 1. The Bertz CT molecular complexity index is 638. The zero-order valence-electron chi connectivity index (χ0n) is 11.4. The maximum atomic E-state index is 13.7. The highest BCUT2D eigenvalue weighted by Gasteiger charge is 2.26. The molecule has 0 spiro atoms. The first kappa shape index (κ1) is 15.0. The van der Waals surface area contributed by atoms with Crippen LogP contribution in [0.15, 0.2) is 48.5 Å². The molecule has 0 fully saturated rings. The molecule has 110 valence electrons. The molecule has 2 aromatic carbocycles. The van der Waals surface area contributed by atoms with Crippen molar-refractivity contribution in [3.8, 4) is 5.75 Å².